The van der Waals surface area contributed by atoms with Crippen LogP contribution in [0, 0.1) is 24.1 Å². The van der Waals surface area contributed by atoms with E-state index in [1.807, 2.05) is 0 Å². The minimum atomic E-state index is -0.940. The van der Waals surface area contributed by atoms with Crippen molar-refractivity contribution in [2.75, 3.05) is 5.32 Å². The quantitative estimate of drug-likeness (QED) is 0.572. The number of hydrogen-bond donors (Lipinski definition) is 2. The molecule has 0 unspecified atom stereocenters. The highest BCUT2D eigenvalue weighted by atomic mass is 19.1. The largest absolute Gasteiger partial charge is 0.386 e. The number of anilines is 1. The number of amides is 1. The molecule has 0 saturated heterocycles. The molecule has 7 nitrogen and oxygen atoms in total. The first-order chi connectivity index (χ1) is 15.8. The first kappa shape index (κ1) is 22.4. The minimum absolute atomic E-state index is 0.347. The SMILES string of the molecule is C=C[C@]1(O)CC[C@@](C#N)(c2ccc(NC(=O)c3cnn(-c4ccc(F)cc4)c3C)cn2)CC1. The van der Waals surface area contributed by atoms with Gasteiger partial charge in [0, 0.05) is 0 Å². The molecule has 3 aromatic rings. The number of aromatic nitrogens is 3. The molecule has 1 aliphatic rings. The third kappa shape index (κ3) is 4.28. The van der Waals surface area contributed by atoms with Crippen molar-refractivity contribution in [2.24, 2.45) is 0 Å². The first-order valence-electron chi connectivity index (χ1n) is 10.6. The highest BCUT2D eigenvalue weighted by Gasteiger charge is 2.42. The van der Waals surface area contributed by atoms with Crippen LogP contribution in [0.5, 0.6) is 0 Å². The van der Waals surface area contributed by atoms with Crippen molar-refractivity contribution in [3.8, 4) is 11.8 Å². The standard InChI is InChI=1S/C25H24FN5O2/c1-3-25(33)12-10-24(16-27,11-13-25)22-9-6-19(14-28-22)30-23(32)21-15-29-31(17(21)2)20-7-4-18(26)5-8-20/h3-9,14-15,33H,1,10-13H2,2H3,(H,30,32)/t24-,25+. The van der Waals surface area contributed by atoms with Crippen LogP contribution in [0.4, 0.5) is 10.1 Å². The van der Waals surface area contributed by atoms with Crippen molar-refractivity contribution in [1.82, 2.24) is 14.8 Å². The maximum Gasteiger partial charge on any atom is 0.259 e. The van der Waals surface area contributed by atoms with E-state index >= 15 is 0 Å². The van der Waals surface area contributed by atoms with E-state index in [2.05, 4.69) is 28.0 Å². The molecule has 0 radical (unpaired) electrons. The molecule has 8 heteroatoms. The van der Waals surface area contributed by atoms with Gasteiger partial charge in [-0.05, 0) is 69.0 Å². The van der Waals surface area contributed by atoms with Gasteiger partial charge in [-0.2, -0.15) is 10.4 Å². The van der Waals surface area contributed by atoms with Crippen molar-refractivity contribution >= 4 is 11.6 Å². The Balaban J connectivity index is 1.49. The zero-order chi connectivity index (χ0) is 23.6. The number of nitrogens with one attached hydrogen (secondary N) is 1. The van der Waals surface area contributed by atoms with E-state index in [0.29, 0.717) is 54.0 Å². The fraction of sp³-hybridized carbons (Fsp3) is 0.280. The molecule has 2 heterocycles. The van der Waals surface area contributed by atoms with Gasteiger partial charge < -0.3 is 10.4 Å². The number of nitrogens with zero attached hydrogens (tertiary/aromatic N) is 4. The van der Waals surface area contributed by atoms with E-state index in [-0.39, 0.29) is 11.7 Å². The summed E-state index contributed by atoms with van der Waals surface area (Å²) in [6.45, 7) is 5.45. The van der Waals surface area contributed by atoms with Crippen LogP contribution in [-0.2, 0) is 5.41 Å². The summed E-state index contributed by atoms with van der Waals surface area (Å²) in [4.78, 5) is 17.3. The van der Waals surface area contributed by atoms with Crippen LogP contribution >= 0.6 is 0 Å². The highest BCUT2D eigenvalue weighted by Crippen LogP contribution is 2.42. The molecule has 1 amide bonds. The van der Waals surface area contributed by atoms with Crippen molar-refractivity contribution in [2.45, 2.75) is 43.6 Å². The number of nitriles is 1. The lowest BCUT2D eigenvalue weighted by Crippen LogP contribution is -2.39. The van der Waals surface area contributed by atoms with Gasteiger partial charge in [-0.3, -0.25) is 9.78 Å². The Kier molecular flexibility index (Phi) is 5.83. The second kappa shape index (κ2) is 8.60. The van der Waals surface area contributed by atoms with Crippen LogP contribution in [0.2, 0.25) is 0 Å². The van der Waals surface area contributed by atoms with Crippen molar-refractivity contribution in [3.05, 3.63) is 84.2 Å². The van der Waals surface area contributed by atoms with E-state index in [1.165, 1.54) is 24.5 Å². The summed E-state index contributed by atoms with van der Waals surface area (Å²) in [5.41, 5.74) is 1.04. The first-order valence-corrected chi connectivity index (χ1v) is 10.6. The molecule has 0 spiro atoms. The lowest BCUT2D eigenvalue weighted by molar-refractivity contribution is 0.0354. The summed E-state index contributed by atoms with van der Waals surface area (Å²) in [5, 5.41) is 27.3. The van der Waals surface area contributed by atoms with E-state index < -0.39 is 11.0 Å². The Labute approximate surface area is 191 Å². The lowest BCUT2D eigenvalue weighted by atomic mass is 9.67. The fourth-order valence-corrected chi connectivity index (χ4v) is 4.16. The zero-order valence-corrected chi connectivity index (χ0v) is 18.3. The fourth-order valence-electron chi connectivity index (χ4n) is 4.16. The summed E-state index contributed by atoms with van der Waals surface area (Å²) in [7, 11) is 0. The molecule has 1 saturated carbocycles. The molecule has 0 aliphatic heterocycles. The zero-order valence-electron chi connectivity index (χ0n) is 18.3. The predicted octanol–water partition coefficient (Wildman–Crippen LogP) is 4.22. The number of hydrogen-bond acceptors (Lipinski definition) is 5. The molecule has 168 valence electrons. The summed E-state index contributed by atoms with van der Waals surface area (Å²) in [6.07, 6.45) is 6.38. The summed E-state index contributed by atoms with van der Waals surface area (Å²) >= 11 is 0. The van der Waals surface area contributed by atoms with Crippen molar-refractivity contribution in [3.63, 3.8) is 0 Å². The summed E-state index contributed by atoms with van der Waals surface area (Å²) in [5.74, 6) is -0.695. The Morgan fingerprint density at radius 2 is 1.91 bits per heavy atom. The van der Waals surface area contributed by atoms with Gasteiger partial charge in [0.05, 0.1) is 57.8 Å². The van der Waals surface area contributed by atoms with Crippen LogP contribution in [0.25, 0.3) is 5.69 Å². The minimum Gasteiger partial charge on any atom is -0.386 e. The molecular weight excluding hydrogens is 421 g/mol. The number of carbonyl (C=O) groups excluding carboxylic acids is 1. The summed E-state index contributed by atoms with van der Waals surface area (Å²) in [6, 6.07) is 11.7. The molecule has 2 aromatic heterocycles. The van der Waals surface area contributed by atoms with Gasteiger partial charge in [-0.25, -0.2) is 9.07 Å². The van der Waals surface area contributed by atoms with Crippen LogP contribution < -0.4 is 5.32 Å². The lowest BCUT2D eigenvalue weighted by Gasteiger charge is -2.38. The smallest absolute Gasteiger partial charge is 0.259 e. The predicted molar refractivity (Wildman–Crippen MR) is 121 cm³/mol. The maximum atomic E-state index is 13.2. The number of pyridine rings is 1. The van der Waals surface area contributed by atoms with Gasteiger partial charge in [0.15, 0.2) is 0 Å². The van der Waals surface area contributed by atoms with Crippen LogP contribution in [0.3, 0.4) is 0 Å². The molecule has 0 bridgehead atoms. The monoisotopic (exact) mass is 445 g/mol. The number of halogens is 1. The molecule has 2 N–H and O–H groups in total. The van der Waals surface area contributed by atoms with Gasteiger partial charge >= 0.3 is 0 Å². The van der Waals surface area contributed by atoms with Gasteiger partial charge in [0.2, 0.25) is 0 Å². The average molecular weight is 445 g/mol. The Hall–Kier alpha value is -3.83. The normalized spacial score (nSPS) is 22.4. The topological polar surface area (TPSA) is 104 Å². The molecule has 0 atom stereocenters. The number of benzene rings is 1. The van der Waals surface area contributed by atoms with Gasteiger partial charge in [0.1, 0.15) is 5.82 Å². The van der Waals surface area contributed by atoms with Crippen molar-refractivity contribution in [1.29, 1.82) is 5.26 Å². The number of carbonyl (C=O) groups is 1. The molecule has 1 aromatic carbocycles. The van der Waals surface area contributed by atoms with E-state index in [1.54, 1.807) is 41.9 Å². The van der Waals surface area contributed by atoms with Gasteiger partial charge in [0.25, 0.3) is 5.91 Å². The third-order valence-electron chi connectivity index (χ3n) is 6.40. The van der Waals surface area contributed by atoms with Gasteiger partial charge in [-0.15, -0.1) is 6.58 Å². The van der Waals surface area contributed by atoms with E-state index in [9.17, 15) is 19.6 Å². The highest BCUT2D eigenvalue weighted by molar-refractivity contribution is 6.04. The summed E-state index contributed by atoms with van der Waals surface area (Å²) < 4.78 is 14.8. The maximum absolute atomic E-state index is 13.2. The molecule has 1 fully saturated rings. The Morgan fingerprint density at radius 1 is 1.21 bits per heavy atom. The van der Waals surface area contributed by atoms with Crippen LogP contribution in [-0.4, -0.2) is 31.4 Å². The second-order valence-corrected chi connectivity index (χ2v) is 8.42. The Morgan fingerprint density at radius 3 is 2.48 bits per heavy atom. The van der Waals surface area contributed by atoms with E-state index in [4.69, 9.17) is 0 Å². The molecular formula is C25H24FN5O2. The van der Waals surface area contributed by atoms with Gasteiger partial charge in [-0.1, -0.05) is 6.08 Å². The van der Waals surface area contributed by atoms with E-state index in [0.717, 1.165) is 0 Å². The second-order valence-electron chi connectivity index (χ2n) is 8.42. The average Bonchev–Trinajstić information content (AvgIpc) is 3.22. The van der Waals surface area contributed by atoms with Crippen LogP contribution in [0.15, 0.2) is 61.4 Å². The molecule has 4 rings (SSSR count). The van der Waals surface area contributed by atoms with Crippen LogP contribution in [0.1, 0.15) is 47.4 Å². The van der Waals surface area contributed by atoms with Crippen molar-refractivity contribution < 1.29 is 14.3 Å². The molecule has 1 aliphatic carbocycles. The third-order valence-corrected chi connectivity index (χ3v) is 6.40. The Bertz CT molecular complexity index is 1220. The molecule has 33 heavy (non-hydrogen) atoms. The number of rotatable bonds is 5. The number of aliphatic hydroxyl groups is 1.